The first-order valence-corrected chi connectivity index (χ1v) is 7.16. The number of rotatable bonds is 6. The van der Waals surface area contributed by atoms with Crippen LogP contribution in [0.25, 0.3) is 0 Å². The molecule has 5 nitrogen and oxygen atoms in total. The fraction of sp³-hybridized carbons (Fsp3) is 0.333. The van der Waals surface area contributed by atoms with Crippen LogP contribution in [-0.4, -0.2) is 28.0 Å². The van der Waals surface area contributed by atoms with Crippen LogP contribution in [0.5, 0.6) is 0 Å². The minimum atomic E-state index is -0.392. The van der Waals surface area contributed by atoms with Crippen LogP contribution in [0.15, 0.2) is 27.8 Å². The minimum Gasteiger partial charge on any atom is -0.394 e. The highest BCUT2D eigenvalue weighted by Gasteiger charge is 2.08. The average Bonchev–Trinajstić information content (AvgIpc) is 2.91. The summed E-state index contributed by atoms with van der Waals surface area (Å²) in [5.74, 6) is 0. The molecule has 0 saturated heterocycles. The molecular weight excluding hydrogens is 286 g/mol. The molecule has 0 bridgehead atoms. The fourth-order valence-corrected chi connectivity index (χ4v) is 2.54. The Morgan fingerprint density at radius 1 is 1.53 bits per heavy atom. The normalized spacial score (nSPS) is 10.6. The van der Waals surface area contributed by atoms with Gasteiger partial charge in [0, 0.05) is 6.54 Å². The number of aliphatic hydroxyl groups excluding tert-OH is 1. The molecular formula is C12H14ClN3O2S. The zero-order chi connectivity index (χ0) is 13.7. The van der Waals surface area contributed by atoms with E-state index < -0.39 is 5.56 Å². The van der Waals surface area contributed by atoms with E-state index in [1.807, 2.05) is 5.38 Å². The molecule has 2 heterocycles. The summed E-state index contributed by atoms with van der Waals surface area (Å²) in [5, 5.41) is 20.1. The van der Waals surface area contributed by atoms with Gasteiger partial charge in [0.2, 0.25) is 0 Å². The Morgan fingerprint density at radius 2 is 2.37 bits per heavy atom. The number of hydrogen-bond donors (Lipinski definition) is 2. The molecule has 7 heteroatoms. The molecule has 2 aromatic rings. The lowest BCUT2D eigenvalue weighted by atomic mass is 10.2. The number of nitrogens with zero attached hydrogens (tertiary/aromatic N) is 2. The van der Waals surface area contributed by atoms with E-state index >= 15 is 0 Å². The van der Waals surface area contributed by atoms with Gasteiger partial charge in [0.05, 0.1) is 25.0 Å². The van der Waals surface area contributed by atoms with Crippen LogP contribution >= 0.6 is 22.9 Å². The molecule has 2 rings (SSSR count). The predicted octanol–water partition coefficient (Wildman–Crippen LogP) is 1.61. The van der Waals surface area contributed by atoms with Gasteiger partial charge < -0.3 is 10.4 Å². The van der Waals surface area contributed by atoms with Crippen LogP contribution in [-0.2, 0) is 13.0 Å². The second-order valence-corrected chi connectivity index (χ2v) is 5.09. The molecule has 19 heavy (non-hydrogen) atoms. The van der Waals surface area contributed by atoms with Gasteiger partial charge in [-0.15, -0.1) is 0 Å². The van der Waals surface area contributed by atoms with Crippen LogP contribution in [0.4, 0.5) is 5.69 Å². The van der Waals surface area contributed by atoms with Crippen LogP contribution in [0.1, 0.15) is 5.56 Å². The summed E-state index contributed by atoms with van der Waals surface area (Å²) in [7, 11) is 0. The topological polar surface area (TPSA) is 67.2 Å². The van der Waals surface area contributed by atoms with Crippen LogP contribution < -0.4 is 10.9 Å². The fourth-order valence-electron chi connectivity index (χ4n) is 1.62. The standard InChI is InChI=1S/C12H14ClN3O2S/c13-11-10(7-15-16(4-5-17)12(11)18)14-3-1-9-2-6-19-8-9/h2,6-8,14,17H,1,3-5H2. The molecule has 0 aromatic carbocycles. The van der Waals surface area contributed by atoms with E-state index in [4.69, 9.17) is 16.7 Å². The van der Waals surface area contributed by atoms with Gasteiger partial charge in [-0.25, -0.2) is 4.68 Å². The quantitative estimate of drug-likeness (QED) is 0.850. The zero-order valence-corrected chi connectivity index (χ0v) is 11.7. The van der Waals surface area contributed by atoms with Crippen molar-refractivity contribution < 1.29 is 5.11 Å². The second-order valence-electron chi connectivity index (χ2n) is 3.93. The van der Waals surface area contributed by atoms with Crippen molar-refractivity contribution in [3.8, 4) is 0 Å². The number of nitrogens with one attached hydrogen (secondary N) is 1. The zero-order valence-electron chi connectivity index (χ0n) is 10.2. The van der Waals surface area contributed by atoms with Crippen molar-refractivity contribution in [2.24, 2.45) is 0 Å². The van der Waals surface area contributed by atoms with E-state index in [0.29, 0.717) is 12.2 Å². The van der Waals surface area contributed by atoms with Crippen molar-refractivity contribution >= 4 is 28.6 Å². The number of hydrogen-bond acceptors (Lipinski definition) is 5. The molecule has 102 valence electrons. The van der Waals surface area contributed by atoms with Crippen LogP contribution in [0, 0.1) is 0 Å². The molecule has 0 aliphatic rings. The van der Waals surface area contributed by atoms with Crippen LogP contribution in [0.3, 0.4) is 0 Å². The summed E-state index contributed by atoms with van der Waals surface area (Å²) in [6.45, 7) is 0.684. The first kappa shape index (κ1) is 14.0. The predicted molar refractivity (Wildman–Crippen MR) is 77.1 cm³/mol. The van der Waals surface area contributed by atoms with Crippen molar-refractivity contribution in [1.29, 1.82) is 0 Å². The molecule has 0 unspecified atom stereocenters. The SMILES string of the molecule is O=c1c(Cl)c(NCCc2ccsc2)cnn1CCO. The second kappa shape index (κ2) is 6.70. The summed E-state index contributed by atoms with van der Waals surface area (Å²) >= 11 is 7.64. The Bertz CT molecular complexity index is 583. The molecule has 0 aliphatic heterocycles. The number of aromatic nitrogens is 2. The Kier molecular flexibility index (Phi) is 4.95. The van der Waals surface area contributed by atoms with Crippen molar-refractivity contribution in [2.45, 2.75) is 13.0 Å². The average molecular weight is 300 g/mol. The van der Waals surface area contributed by atoms with Gasteiger partial charge in [-0.05, 0) is 28.8 Å². The van der Waals surface area contributed by atoms with E-state index in [1.165, 1.54) is 11.8 Å². The Labute approximate surface area is 119 Å². The largest absolute Gasteiger partial charge is 0.394 e. The van der Waals surface area contributed by atoms with Crippen LogP contribution in [0.2, 0.25) is 5.02 Å². The lowest BCUT2D eigenvalue weighted by Gasteiger charge is -2.09. The smallest absolute Gasteiger partial charge is 0.287 e. The lowest BCUT2D eigenvalue weighted by molar-refractivity contribution is 0.266. The van der Waals surface area contributed by atoms with Crippen molar-refractivity contribution in [3.63, 3.8) is 0 Å². The monoisotopic (exact) mass is 299 g/mol. The maximum absolute atomic E-state index is 11.8. The molecule has 0 fully saturated rings. The number of anilines is 1. The van der Waals surface area contributed by atoms with Gasteiger partial charge in [0.25, 0.3) is 5.56 Å². The van der Waals surface area contributed by atoms with E-state index in [0.717, 1.165) is 11.1 Å². The summed E-state index contributed by atoms with van der Waals surface area (Å²) in [5.41, 5.74) is 1.38. The molecule has 0 amide bonds. The highest BCUT2D eigenvalue weighted by atomic mass is 35.5. The highest BCUT2D eigenvalue weighted by molar-refractivity contribution is 7.07. The van der Waals surface area contributed by atoms with Crippen molar-refractivity contribution in [3.05, 3.63) is 44.0 Å². The molecule has 0 atom stereocenters. The minimum absolute atomic E-state index is 0.105. The third-order valence-corrected chi connectivity index (χ3v) is 3.70. The third-order valence-electron chi connectivity index (χ3n) is 2.61. The molecule has 0 spiro atoms. The van der Waals surface area contributed by atoms with Crippen molar-refractivity contribution in [1.82, 2.24) is 9.78 Å². The lowest BCUT2D eigenvalue weighted by Crippen LogP contribution is -2.25. The summed E-state index contributed by atoms with van der Waals surface area (Å²) in [6, 6.07) is 2.06. The Balaban J connectivity index is 2.01. The van der Waals surface area contributed by atoms with Gasteiger partial charge >= 0.3 is 0 Å². The van der Waals surface area contributed by atoms with Gasteiger partial charge in [0.1, 0.15) is 5.02 Å². The van der Waals surface area contributed by atoms with Gasteiger partial charge in [-0.1, -0.05) is 11.6 Å². The molecule has 2 N–H and O–H groups in total. The van der Waals surface area contributed by atoms with E-state index in [1.54, 1.807) is 11.3 Å². The summed E-state index contributed by atoms with van der Waals surface area (Å²) < 4.78 is 1.15. The summed E-state index contributed by atoms with van der Waals surface area (Å²) in [6.07, 6.45) is 2.37. The number of thiophene rings is 1. The first-order valence-electron chi connectivity index (χ1n) is 5.84. The van der Waals surface area contributed by atoms with Crippen molar-refractivity contribution in [2.75, 3.05) is 18.5 Å². The molecule has 0 radical (unpaired) electrons. The third kappa shape index (κ3) is 3.56. The van der Waals surface area contributed by atoms with Gasteiger partial charge in [-0.2, -0.15) is 16.4 Å². The van der Waals surface area contributed by atoms with E-state index in [-0.39, 0.29) is 18.2 Å². The maximum Gasteiger partial charge on any atom is 0.287 e. The Morgan fingerprint density at radius 3 is 3.05 bits per heavy atom. The highest BCUT2D eigenvalue weighted by Crippen LogP contribution is 2.15. The molecule has 2 aromatic heterocycles. The Hall–Kier alpha value is -1.37. The molecule has 0 saturated carbocycles. The maximum atomic E-state index is 11.8. The first-order chi connectivity index (χ1) is 9.22. The summed E-state index contributed by atoms with van der Waals surface area (Å²) in [4.78, 5) is 11.8. The van der Waals surface area contributed by atoms with Gasteiger partial charge in [0.15, 0.2) is 0 Å². The molecule has 0 aliphatic carbocycles. The van der Waals surface area contributed by atoms with E-state index in [9.17, 15) is 4.79 Å². The van der Waals surface area contributed by atoms with E-state index in [2.05, 4.69) is 21.9 Å². The van der Waals surface area contributed by atoms with Gasteiger partial charge in [-0.3, -0.25) is 4.79 Å². The number of aliphatic hydroxyl groups is 1. The number of halogens is 1.